The molecule has 0 spiro atoms. The molecule has 5 nitrogen and oxygen atoms in total. The summed E-state index contributed by atoms with van der Waals surface area (Å²) >= 11 is 1.52. The number of aromatic nitrogens is 2. The van der Waals surface area contributed by atoms with E-state index >= 15 is 0 Å². The minimum atomic E-state index is 0.668. The van der Waals surface area contributed by atoms with E-state index in [9.17, 15) is 0 Å². The Morgan fingerprint density at radius 2 is 1.81 bits per heavy atom. The van der Waals surface area contributed by atoms with Crippen molar-refractivity contribution in [3.05, 3.63) is 30.3 Å². The third kappa shape index (κ3) is 4.53. The normalized spacial score (nSPS) is 10.2. The van der Waals surface area contributed by atoms with Gasteiger partial charge in [-0.2, -0.15) is 0 Å². The molecular formula is C15H20N4OS. The van der Waals surface area contributed by atoms with E-state index in [4.69, 9.17) is 4.74 Å². The molecule has 0 fully saturated rings. The van der Waals surface area contributed by atoms with Crippen LogP contribution in [0.25, 0.3) is 0 Å². The van der Waals surface area contributed by atoms with Crippen molar-refractivity contribution >= 4 is 29.1 Å². The van der Waals surface area contributed by atoms with Crippen LogP contribution in [0, 0.1) is 0 Å². The van der Waals surface area contributed by atoms with Crippen LogP contribution >= 0.6 is 11.8 Å². The summed E-state index contributed by atoms with van der Waals surface area (Å²) in [5, 5.41) is 7.23. The number of hydrogen-bond acceptors (Lipinski definition) is 6. The lowest BCUT2D eigenvalue weighted by atomic mass is 10.3. The molecule has 21 heavy (non-hydrogen) atoms. The molecule has 0 saturated heterocycles. The van der Waals surface area contributed by atoms with E-state index in [1.54, 1.807) is 0 Å². The SMILES string of the molecule is CCNc1cc(Nc2ccc(OCC)cc2)nc(SC)n1. The number of ether oxygens (including phenoxy) is 1. The van der Waals surface area contributed by atoms with Gasteiger partial charge in [-0.3, -0.25) is 0 Å². The van der Waals surface area contributed by atoms with Crippen LogP contribution in [0.2, 0.25) is 0 Å². The van der Waals surface area contributed by atoms with E-state index in [0.29, 0.717) is 6.61 Å². The Balaban J connectivity index is 2.15. The standard InChI is InChI=1S/C15H20N4OS/c1-4-16-13-10-14(19-15(18-13)21-3)17-11-6-8-12(9-7-11)20-5-2/h6-10H,4-5H2,1-3H3,(H2,16,17,18,19). The Morgan fingerprint density at radius 3 is 2.43 bits per heavy atom. The molecule has 2 N–H and O–H groups in total. The Labute approximate surface area is 129 Å². The number of nitrogens with one attached hydrogen (secondary N) is 2. The molecule has 0 aliphatic rings. The molecule has 2 rings (SSSR count). The molecule has 0 aliphatic heterocycles. The Morgan fingerprint density at radius 1 is 1.10 bits per heavy atom. The van der Waals surface area contributed by atoms with Crippen LogP contribution in [-0.4, -0.2) is 29.4 Å². The first-order valence-corrected chi connectivity index (χ1v) is 8.14. The van der Waals surface area contributed by atoms with Crippen molar-refractivity contribution in [3.63, 3.8) is 0 Å². The number of benzene rings is 1. The predicted molar refractivity (Wildman–Crippen MR) is 88.9 cm³/mol. The smallest absolute Gasteiger partial charge is 0.191 e. The zero-order chi connectivity index (χ0) is 15.1. The molecule has 0 atom stereocenters. The summed E-state index contributed by atoms with van der Waals surface area (Å²) < 4.78 is 5.43. The third-order valence-electron chi connectivity index (χ3n) is 2.68. The maximum absolute atomic E-state index is 5.43. The second-order valence-corrected chi connectivity index (χ2v) is 5.01. The average molecular weight is 304 g/mol. The van der Waals surface area contributed by atoms with Crippen molar-refractivity contribution in [2.24, 2.45) is 0 Å². The van der Waals surface area contributed by atoms with Gasteiger partial charge in [0.05, 0.1) is 6.61 Å². The molecule has 0 saturated carbocycles. The topological polar surface area (TPSA) is 59.1 Å². The second-order valence-electron chi connectivity index (χ2n) is 4.24. The molecule has 1 aromatic heterocycles. The number of rotatable bonds is 7. The molecule has 112 valence electrons. The average Bonchev–Trinajstić information content (AvgIpc) is 2.49. The van der Waals surface area contributed by atoms with Gasteiger partial charge in [-0.25, -0.2) is 9.97 Å². The van der Waals surface area contributed by atoms with E-state index in [2.05, 4.69) is 20.6 Å². The minimum absolute atomic E-state index is 0.668. The highest BCUT2D eigenvalue weighted by molar-refractivity contribution is 7.98. The van der Waals surface area contributed by atoms with E-state index in [1.807, 2.05) is 50.4 Å². The lowest BCUT2D eigenvalue weighted by Crippen LogP contribution is -2.03. The lowest BCUT2D eigenvalue weighted by molar-refractivity contribution is 0.340. The largest absolute Gasteiger partial charge is 0.494 e. The molecule has 0 bridgehead atoms. The van der Waals surface area contributed by atoms with Crippen LogP contribution in [0.1, 0.15) is 13.8 Å². The fourth-order valence-corrected chi connectivity index (χ4v) is 2.18. The van der Waals surface area contributed by atoms with Crippen molar-refractivity contribution in [2.45, 2.75) is 19.0 Å². The van der Waals surface area contributed by atoms with Crippen molar-refractivity contribution in [1.82, 2.24) is 9.97 Å². The van der Waals surface area contributed by atoms with Gasteiger partial charge in [0.25, 0.3) is 0 Å². The van der Waals surface area contributed by atoms with Crippen molar-refractivity contribution in [3.8, 4) is 5.75 Å². The van der Waals surface area contributed by atoms with Crippen LogP contribution in [-0.2, 0) is 0 Å². The molecule has 1 heterocycles. The minimum Gasteiger partial charge on any atom is -0.494 e. The fraction of sp³-hybridized carbons (Fsp3) is 0.333. The molecule has 0 radical (unpaired) electrons. The van der Waals surface area contributed by atoms with Crippen LogP contribution in [0.3, 0.4) is 0 Å². The van der Waals surface area contributed by atoms with Gasteiger partial charge >= 0.3 is 0 Å². The molecule has 0 unspecified atom stereocenters. The highest BCUT2D eigenvalue weighted by atomic mass is 32.2. The van der Waals surface area contributed by atoms with Crippen LogP contribution < -0.4 is 15.4 Å². The van der Waals surface area contributed by atoms with Crippen LogP contribution in [0.4, 0.5) is 17.3 Å². The molecule has 2 aromatic rings. The summed E-state index contributed by atoms with van der Waals surface area (Å²) in [7, 11) is 0. The first kappa shape index (κ1) is 15.4. The first-order valence-electron chi connectivity index (χ1n) is 6.92. The van der Waals surface area contributed by atoms with Gasteiger partial charge in [0.15, 0.2) is 5.16 Å². The maximum atomic E-state index is 5.43. The predicted octanol–water partition coefficient (Wildman–Crippen LogP) is 3.77. The molecule has 1 aromatic carbocycles. The number of hydrogen-bond donors (Lipinski definition) is 2. The Kier molecular flexibility index (Phi) is 5.68. The summed E-state index contributed by atoms with van der Waals surface area (Å²) in [6.07, 6.45) is 1.96. The van der Waals surface area contributed by atoms with Crippen LogP contribution in [0.5, 0.6) is 5.75 Å². The highest BCUT2D eigenvalue weighted by Gasteiger charge is 2.04. The number of anilines is 3. The summed E-state index contributed by atoms with van der Waals surface area (Å²) in [5.41, 5.74) is 0.964. The van der Waals surface area contributed by atoms with Gasteiger partial charge in [-0.15, -0.1) is 0 Å². The number of thioether (sulfide) groups is 1. The lowest BCUT2D eigenvalue weighted by Gasteiger charge is -2.10. The van der Waals surface area contributed by atoms with Gasteiger partial charge in [0, 0.05) is 18.3 Å². The summed E-state index contributed by atoms with van der Waals surface area (Å²) in [6.45, 7) is 5.51. The molecular weight excluding hydrogens is 284 g/mol. The Hall–Kier alpha value is -1.95. The third-order valence-corrected chi connectivity index (χ3v) is 3.23. The van der Waals surface area contributed by atoms with Crippen LogP contribution in [0.15, 0.2) is 35.5 Å². The molecule has 6 heteroatoms. The van der Waals surface area contributed by atoms with Gasteiger partial charge in [-0.05, 0) is 44.4 Å². The van der Waals surface area contributed by atoms with Crippen molar-refractivity contribution in [1.29, 1.82) is 0 Å². The van der Waals surface area contributed by atoms with Gasteiger partial charge in [0.2, 0.25) is 0 Å². The second kappa shape index (κ2) is 7.73. The Bertz CT molecular complexity index is 574. The van der Waals surface area contributed by atoms with E-state index < -0.39 is 0 Å². The number of nitrogens with zero attached hydrogens (tertiary/aromatic N) is 2. The van der Waals surface area contributed by atoms with E-state index in [0.717, 1.165) is 34.8 Å². The summed E-state index contributed by atoms with van der Waals surface area (Å²) in [4.78, 5) is 8.86. The zero-order valence-electron chi connectivity index (χ0n) is 12.5. The summed E-state index contributed by atoms with van der Waals surface area (Å²) in [5.74, 6) is 2.46. The molecule has 0 aliphatic carbocycles. The quantitative estimate of drug-likeness (QED) is 0.600. The first-order chi connectivity index (χ1) is 10.2. The van der Waals surface area contributed by atoms with Crippen molar-refractivity contribution < 1.29 is 4.74 Å². The maximum Gasteiger partial charge on any atom is 0.191 e. The monoisotopic (exact) mass is 304 g/mol. The fourth-order valence-electron chi connectivity index (χ4n) is 1.80. The van der Waals surface area contributed by atoms with Gasteiger partial charge in [0.1, 0.15) is 17.4 Å². The van der Waals surface area contributed by atoms with E-state index in [-0.39, 0.29) is 0 Å². The zero-order valence-corrected chi connectivity index (χ0v) is 13.3. The van der Waals surface area contributed by atoms with Crippen molar-refractivity contribution in [2.75, 3.05) is 30.0 Å². The molecule has 0 amide bonds. The van der Waals surface area contributed by atoms with Gasteiger partial charge < -0.3 is 15.4 Å². The highest BCUT2D eigenvalue weighted by Crippen LogP contribution is 2.22. The summed E-state index contributed by atoms with van der Waals surface area (Å²) in [6, 6.07) is 9.72. The van der Waals surface area contributed by atoms with Gasteiger partial charge in [-0.1, -0.05) is 11.8 Å². The van der Waals surface area contributed by atoms with E-state index in [1.165, 1.54) is 11.8 Å².